The number of anilines is 2. The van der Waals surface area contributed by atoms with E-state index in [9.17, 15) is 0 Å². The average molecular weight is 293 g/mol. The van der Waals surface area contributed by atoms with Crippen molar-refractivity contribution < 1.29 is 4.74 Å². The van der Waals surface area contributed by atoms with E-state index in [0.717, 1.165) is 41.0 Å². The van der Waals surface area contributed by atoms with Crippen molar-refractivity contribution in [2.45, 2.75) is 32.7 Å². The van der Waals surface area contributed by atoms with Crippen LogP contribution in [0.15, 0.2) is 17.6 Å². The van der Waals surface area contributed by atoms with Gasteiger partial charge in [0, 0.05) is 19.7 Å². The molecule has 110 valence electrons. The molecule has 5 heteroatoms. The van der Waals surface area contributed by atoms with Gasteiger partial charge in [-0.25, -0.2) is 4.98 Å². The van der Waals surface area contributed by atoms with Gasteiger partial charge >= 0.3 is 0 Å². The second-order valence-electron chi connectivity index (χ2n) is 4.85. The van der Waals surface area contributed by atoms with Crippen molar-refractivity contribution in [2.24, 2.45) is 0 Å². The Labute approximate surface area is 124 Å². The minimum Gasteiger partial charge on any atom is -0.395 e. The number of aromatic nitrogens is 1. The van der Waals surface area contributed by atoms with E-state index in [1.165, 1.54) is 0 Å². The summed E-state index contributed by atoms with van der Waals surface area (Å²) < 4.78 is 6.39. The zero-order chi connectivity index (χ0) is 14.5. The molecule has 0 radical (unpaired) electrons. The van der Waals surface area contributed by atoms with Crippen LogP contribution in [0.1, 0.15) is 26.7 Å². The molecular formula is C15H23N3OS. The second kappa shape index (κ2) is 6.90. The zero-order valence-corrected chi connectivity index (χ0v) is 13.2. The van der Waals surface area contributed by atoms with Gasteiger partial charge in [0.15, 0.2) is 0 Å². The Bertz CT molecular complexity index is 551. The number of methoxy groups -OCH3 is 1. The van der Waals surface area contributed by atoms with Gasteiger partial charge in [0.1, 0.15) is 5.52 Å². The molecule has 2 aromatic rings. The molecule has 0 spiro atoms. The number of nitrogen functional groups attached to an aromatic ring is 1. The number of hydrogen-bond donors (Lipinski definition) is 1. The molecule has 0 saturated carbocycles. The lowest BCUT2D eigenvalue weighted by Crippen LogP contribution is -2.37. The third-order valence-corrected chi connectivity index (χ3v) is 4.54. The van der Waals surface area contributed by atoms with E-state index >= 15 is 0 Å². The third kappa shape index (κ3) is 2.88. The van der Waals surface area contributed by atoms with Crippen LogP contribution >= 0.6 is 11.3 Å². The second-order valence-corrected chi connectivity index (χ2v) is 5.74. The molecule has 0 aliphatic heterocycles. The van der Waals surface area contributed by atoms with Crippen LogP contribution in [0.5, 0.6) is 0 Å². The molecule has 2 N–H and O–H groups in total. The molecule has 4 nitrogen and oxygen atoms in total. The van der Waals surface area contributed by atoms with Gasteiger partial charge in [0.25, 0.3) is 0 Å². The number of thiazole rings is 1. The summed E-state index contributed by atoms with van der Waals surface area (Å²) >= 11 is 1.63. The summed E-state index contributed by atoms with van der Waals surface area (Å²) in [5.74, 6) is 0. The number of rotatable bonds is 7. The van der Waals surface area contributed by atoms with Crippen LogP contribution in [-0.2, 0) is 4.74 Å². The average Bonchev–Trinajstić information content (AvgIpc) is 2.94. The first kappa shape index (κ1) is 15.1. The van der Waals surface area contributed by atoms with Gasteiger partial charge in [0.05, 0.1) is 28.2 Å². The van der Waals surface area contributed by atoms with Crippen LogP contribution in [0.2, 0.25) is 0 Å². The molecule has 0 saturated heterocycles. The maximum absolute atomic E-state index is 6.34. The standard InChI is InChI=1S/C15H23N3OS/c1-4-11(5-2)18(8-9-19-3)12-6-7-13-15(14(12)16)17-10-20-13/h6-7,10-11H,4-5,8-9,16H2,1-3H3. The van der Waals surface area contributed by atoms with E-state index < -0.39 is 0 Å². The van der Waals surface area contributed by atoms with Crippen molar-refractivity contribution in [3.63, 3.8) is 0 Å². The predicted molar refractivity (Wildman–Crippen MR) is 87.6 cm³/mol. The minimum absolute atomic E-state index is 0.475. The highest BCUT2D eigenvalue weighted by Gasteiger charge is 2.19. The summed E-state index contributed by atoms with van der Waals surface area (Å²) in [6.45, 7) is 5.98. The Morgan fingerprint density at radius 1 is 1.35 bits per heavy atom. The van der Waals surface area contributed by atoms with Crippen LogP contribution in [0.4, 0.5) is 11.4 Å². The molecule has 0 aliphatic carbocycles. The van der Waals surface area contributed by atoms with E-state index in [0.29, 0.717) is 12.6 Å². The first-order valence-electron chi connectivity index (χ1n) is 7.10. The van der Waals surface area contributed by atoms with E-state index in [-0.39, 0.29) is 0 Å². The van der Waals surface area contributed by atoms with Crippen LogP contribution < -0.4 is 10.6 Å². The molecule has 0 fully saturated rings. The van der Waals surface area contributed by atoms with Crippen molar-refractivity contribution in [3.8, 4) is 0 Å². The summed E-state index contributed by atoms with van der Waals surface area (Å²) in [7, 11) is 1.73. The molecule has 0 unspecified atom stereocenters. The van der Waals surface area contributed by atoms with Gasteiger partial charge in [-0.15, -0.1) is 11.3 Å². The molecule has 0 atom stereocenters. The highest BCUT2D eigenvalue weighted by atomic mass is 32.1. The number of nitrogens with zero attached hydrogens (tertiary/aromatic N) is 2. The summed E-state index contributed by atoms with van der Waals surface area (Å²) in [5.41, 5.74) is 11.0. The topological polar surface area (TPSA) is 51.4 Å². The van der Waals surface area contributed by atoms with Gasteiger partial charge in [-0.3, -0.25) is 0 Å². The van der Waals surface area contributed by atoms with Gasteiger partial charge in [-0.2, -0.15) is 0 Å². The summed E-state index contributed by atoms with van der Waals surface area (Å²) in [6.07, 6.45) is 2.18. The molecule has 0 amide bonds. The lowest BCUT2D eigenvalue weighted by molar-refractivity contribution is 0.202. The zero-order valence-electron chi connectivity index (χ0n) is 12.4. The van der Waals surface area contributed by atoms with Gasteiger partial charge in [-0.1, -0.05) is 13.8 Å². The molecule has 1 heterocycles. The van der Waals surface area contributed by atoms with Crippen molar-refractivity contribution >= 4 is 32.9 Å². The van der Waals surface area contributed by atoms with Crippen molar-refractivity contribution in [1.82, 2.24) is 4.98 Å². The highest BCUT2D eigenvalue weighted by Crippen LogP contribution is 2.34. The summed E-state index contributed by atoms with van der Waals surface area (Å²) in [4.78, 5) is 6.75. The largest absolute Gasteiger partial charge is 0.395 e. The molecule has 1 aromatic heterocycles. The Morgan fingerprint density at radius 3 is 2.75 bits per heavy atom. The predicted octanol–water partition coefficient (Wildman–Crippen LogP) is 3.52. The SMILES string of the molecule is CCC(CC)N(CCOC)c1ccc2scnc2c1N. The number of nitrogens with two attached hydrogens (primary N) is 1. The number of fused-ring (bicyclic) bond motifs is 1. The molecule has 20 heavy (non-hydrogen) atoms. The maximum Gasteiger partial charge on any atom is 0.106 e. The van der Waals surface area contributed by atoms with Gasteiger partial charge in [-0.05, 0) is 25.0 Å². The fraction of sp³-hybridized carbons (Fsp3) is 0.533. The van der Waals surface area contributed by atoms with Crippen LogP contribution in [-0.4, -0.2) is 31.3 Å². The summed E-state index contributed by atoms with van der Waals surface area (Å²) in [5, 5.41) is 0. The van der Waals surface area contributed by atoms with Crippen LogP contribution in [0.3, 0.4) is 0 Å². The van der Waals surface area contributed by atoms with Crippen molar-refractivity contribution in [3.05, 3.63) is 17.6 Å². The Morgan fingerprint density at radius 2 is 2.10 bits per heavy atom. The third-order valence-electron chi connectivity index (χ3n) is 3.75. The lowest BCUT2D eigenvalue weighted by atomic mass is 10.1. The number of hydrogen-bond acceptors (Lipinski definition) is 5. The van der Waals surface area contributed by atoms with E-state index in [1.54, 1.807) is 18.4 Å². The summed E-state index contributed by atoms with van der Waals surface area (Å²) in [6, 6.07) is 4.70. The van der Waals surface area contributed by atoms with Crippen LogP contribution in [0, 0.1) is 0 Å². The molecule has 0 aliphatic rings. The fourth-order valence-electron chi connectivity index (χ4n) is 2.61. The number of benzene rings is 1. The van der Waals surface area contributed by atoms with Gasteiger partial charge in [0.2, 0.25) is 0 Å². The maximum atomic E-state index is 6.34. The smallest absolute Gasteiger partial charge is 0.106 e. The van der Waals surface area contributed by atoms with E-state index in [1.807, 2.05) is 5.51 Å². The molecule has 1 aromatic carbocycles. The Balaban J connectivity index is 2.40. The van der Waals surface area contributed by atoms with Gasteiger partial charge < -0.3 is 15.4 Å². The van der Waals surface area contributed by atoms with E-state index in [2.05, 4.69) is 35.9 Å². The van der Waals surface area contributed by atoms with Crippen LogP contribution in [0.25, 0.3) is 10.2 Å². The molecule has 0 bridgehead atoms. The highest BCUT2D eigenvalue weighted by molar-refractivity contribution is 7.16. The molecule has 2 rings (SSSR count). The van der Waals surface area contributed by atoms with Crippen molar-refractivity contribution in [2.75, 3.05) is 30.9 Å². The first-order valence-corrected chi connectivity index (χ1v) is 7.98. The minimum atomic E-state index is 0.475. The van der Waals surface area contributed by atoms with E-state index in [4.69, 9.17) is 10.5 Å². The normalized spacial score (nSPS) is 11.4. The quantitative estimate of drug-likeness (QED) is 0.794. The monoisotopic (exact) mass is 293 g/mol. The first-order chi connectivity index (χ1) is 9.72. The number of ether oxygens (including phenoxy) is 1. The lowest BCUT2D eigenvalue weighted by Gasteiger charge is -2.33. The van der Waals surface area contributed by atoms with Crippen molar-refractivity contribution in [1.29, 1.82) is 0 Å². The molecular weight excluding hydrogens is 270 g/mol. The Kier molecular flexibility index (Phi) is 5.20. The fourth-order valence-corrected chi connectivity index (χ4v) is 3.30. The Hall–Kier alpha value is -1.33.